The van der Waals surface area contributed by atoms with Crippen molar-refractivity contribution < 1.29 is 13.9 Å². The molecule has 0 aliphatic heterocycles. The van der Waals surface area contributed by atoms with Crippen LogP contribution in [-0.4, -0.2) is 22.5 Å². The van der Waals surface area contributed by atoms with Crippen LogP contribution in [0.5, 0.6) is 5.75 Å². The van der Waals surface area contributed by atoms with Gasteiger partial charge in [0.25, 0.3) is 5.91 Å². The van der Waals surface area contributed by atoms with E-state index < -0.39 is 5.82 Å². The van der Waals surface area contributed by atoms with E-state index in [9.17, 15) is 9.18 Å². The van der Waals surface area contributed by atoms with Gasteiger partial charge in [-0.25, -0.2) is 9.37 Å². The van der Waals surface area contributed by atoms with Crippen LogP contribution in [0.3, 0.4) is 0 Å². The number of rotatable bonds is 7. The lowest BCUT2D eigenvalue weighted by Gasteiger charge is -2.16. The Labute approximate surface area is 207 Å². The Balaban J connectivity index is 1.33. The monoisotopic (exact) mass is 490 g/mol. The predicted octanol–water partition coefficient (Wildman–Crippen LogP) is 5.89. The van der Waals surface area contributed by atoms with Crippen LogP contribution in [0, 0.1) is 18.7 Å². The average molecular weight is 491 g/mol. The van der Waals surface area contributed by atoms with Crippen LogP contribution in [0.25, 0.3) is 21.3 Å². The number of hydrogen-bond donors (Lipinski definition) is 2. The number of nitrogen functional groups attached to an aromatic ring is 1. The zero-order chi connectivity index (χ0) is 24.4. The fourth-order valence-electron chi connectivity index (χ4n) is 4.54. The van der Waals surface area contributed by atoms with E-state index in [-0.39, 0.29) is 12.5 Å². The van der Waals surface area contributed by atoms with E-state index in [1.54, 1.807) is 25.3 Å². The van der Waals surface area contributed by atoms with Gasteiger partial charge in [-0.15, -0.1) is 0 Å². The molecule has 0 saturated heterocycles. The quantitative estimate of drug-likeness (QED) is 0.337. The van der Waals surface area contributed by atoms with Gasteiger partial charge in [-0.2, -0.15) is 0 Å². The summed E-state index contributed by atoms with van der Waals surface area (Å²) < 4.78 is 21.6. The molecule has 1 saturated carbocycles. The SMILES string of the molecule is Cc1ncc(-c2ccc3nc(N)sc3c2)cc1C(=O)NCc1c(F)cccc1OCC1CCCC1. The number of carbonyl (C=O) groups is 1. The highest BCUT2D eigenvalue weighted by Gasteiger charge is 2.19. The molecular formula is C27H27FN4O2S. The third kappa shape index (κ3) is 5.12. The van der Waals surface area contributed by atoms with E-state index in [1.165, 1.54) is 30.2 Å². The van der Waals surface area contributed by atoms with Crippen LogP contribution in [0.4, 0.5) is 9.52 Å². The number of amides is 1. The number of thiazole rings is 1. The van der Waals surface area contributed by atoms with Crippen molar-refractivity contribution in [3.63, 3.8) is 0 Å². The lowest BCUT2D eigenvalue weighted by molar-refractivity contribution is 0.0949. The lowest BCUT2D eigenvalue weighted by atomic mass is 10.0. The lowest BCUT2D eigenvalue weighted by Crippen LogP contribution is -2.25. The molecule has 2 aromatic carbocycles. The number of benzene rings is 2. The highest BCUT2D eigenvalue weighted by atomic mass is 32.1. The summed E-state index contributed by atoms with van der Waals surface area (Å²) in [6.45, 7) is 2.39. The van der Waals surface area contributed by atoms with E-state index in [1.807, 2.05) is 24.3 Å². The maximum atomic E-state index is 14.6. The molecule has 8 heteroatoms. The molecule has 2 heterocycles. The van der Waals surface area contributed by atoms with Gasteiger partial charge in [0.2, 0.25) is 0 Å². The van der Waals surface area contributed by atoms with Gasteiger partial charge in [0.15, 0.2) is 5.13 Å². The summed E-state index contributed by atoms with van der Waals surface area (Å²) >= 11 is 1.41. The number of nitrogens with zero attached hydrogens (tertiary/aromatic N) is 2. The number of pyridine rings is 1. The number of nitrogens with two attached hydrogens (primary N) is 1. The Kier molecular flexibility index (Phi) is 6.63. The molecule has 1 aliphatic rings. The van der Waals surface area contributed by atoms with E-state index in [2.05, 4.69) is 15.3 Å². The van der Waals surface area contributed by atoms with Gasteiger partial charge in [0.05, 0.1) is 28.1 Å². The van der Waals surface area contributed by atoms with E-state index in [4.69, 9.17) is 10.5 Å². The zero-order valence-corrected chi connectivity index (χ0v) is 20.3. The number of aryl methyl sites for hydroxylation is 1. The first-order valence-corrected chi connectivity index (χ1v) is 12.6. The summed E-state index contributed by atoms with van der Waals surface area (Å²) in [6.07, 6.45) is 6.47. The number of ether oxygens (including phenoxy) is 1. The van der Waals surface area contributed by atoms with E-state index in [0.29, 0.717) is 40.2 Å². The number of fused-ring (bicyclic) bond motifs is 1. The predicted molar refractivity (Wildman–Crippen MR) is 137 cm³/mol. The Morgan fingerprint density at radius 3 is 2.86 bits per heavy atom. The molecule has 180 valence electrons. The van der Waals surface area contributed by atoms with Crippen molar-refractivity contribution in [2.75, 3.05) is 12.3 Å². The van der Waals surface area contributed by atoms with Crippen molar-refractivity contribution in [2.24, 2.45) is 5.92 Å². The smallest absolute Gasteiger partial charge is 0.253 e. The largest absolute Gasteiger partial charge is 0.493 e. The van der Waals surface area contributed by atoms with Crippen LogP contribution < -0.4 is 15.8 Å². The third-order valence-electron chi connectivity index (χ3n) is 6.52. The fraction of sp³-hybridized carbons (Fsp3) is 0.296. The number of anilines is 1. The second-order valence-corrected chi connectivity index (χ2v) is 10.0. The van der Waals surface area contributed by atoms with Crippen molar-refractivity contribution in [1.29, 1.82) is 0 Å². The van der Waals surface area contributed by atoms with Crippen LogP contribution in [0.1, 0.15) is 47.3 Å². The first-order valence-electron chi connectivity index (χ1n) is 11.8. The minimum Gasteiger partial charge on any atom is -0.493 e. The molecule has 4 aromatic rings. The van der Waals surface area contributed by atoms with Gasteiger partial charge in [0, 0.05) is 23.9 Å². The molecule has 0 unspecified atom stereocenters. The van der Waals surface area contributed by atoms with Gasteiger partial charge < -0.3 is 15.8 Å². The normalized spacial score (nSPS) is 13.9. The molecule has 1 aliphatic carbocycles. The molecule has 0 atom stereocenters. The minimum atomic E-state index is -0.394. The van der Waals surface area contributed by atoms with Crippen LogP contribution >= 0.6 is 11.3 Å². The standard InChI is InChI=1S/C27H27FN4O2S/c1-16-20(11-19(13-30-16)18-9-10-23-25(12-18)35-27(29)32-23)26(33)31-14-21-22(28)7-4-8-24(21)34-15-17-5-2-3-6-17/h4,7-13,17H,2-3,5-6,14-15H2,1H3,(H2,29,32)(H,31,33). The molecule has 0 bridgehead atoms. The molecule has 35 heavy (non-hydrogen) atoms. The molecule has 2 aromatic heterocycles. The Morgan fingerprint density at radius 1 is 1.20 bits per heavy atom. The van der Waals surface area contributed by atoms with Crippen molar-refractivity contribution >= 4 is 32.6 Å². The van der Waals surface area contributed by atoms with Crippen molar-refractivity contribution in [3.8, 4) is 16.9 Å². The average Bonchev–Trinajstić information content (AvgIpc) is 3.50. The van der Waals surface area contributed by atoms with Crippen LogP contribution in [0.2, 0.25) is 0 Å². The first-order chi connectivity index (χ1) is 17.0. The summed E-state index contributed by atoms with van der Waals surface area (Å²) in [5, 5.41) is 3.37. The maximum Gasteiger partial charge on any atom is 0.253 e. The highest BCUT2D eigenvalue weighted by Crippen LogP contribution is 2.30. The van der Waals surface area contributed by atoms with Gasteiger partial charge in [-0.05, 0) is 61.6 Å². The second kappa shape index (κ2) is 10.00. The molecule has 1 fully saturated rings. The molecule has 3 N–H and O–H groups in total. The van der Waals surface area contributed by atoms with E-state index >= 15 is 0 Å². The number of halogens is 1. The number of nitrogens with one attached hydrogen (secondary N) is 1. The Hall–Kier alpha value is -3.52. The van der Waals surface area contributed by atoms with Crippen molar-refractivity contribution in [1.82, 2.24) is 15.3 Å². The summed E-state index contributed by atoms with van der Waals surface area (Å²) in [5.74, 6) is 0.288. The van der Waals surface area contributed by atoms with Gasteiger partial charge in [0.1, 0.15) is 11.6 Å². The summed E-state index contributed by atoms with van der Waals surface area (Å²) in [7, 11) is 0. The van der Waals surface area contributed by atoms with Crippen LogP contribution in [0.15, 0.2) is 48.7 Å². The minimum absolute atomic E-state index is 0.0290. The molecule has 1 amide bonds. The number of carbonyl (C=O) groups excluding carboxylic acids is 1. The van der Waals surface area contributed by atoms with Gasteiger partial charge >= 0.3 is 0 Å². The Morgan fingerprint density at radius 2 is 2.03 bits per heavy atom. The van der Waals surface area contributed by atoms with Gasteiger partial charge in [-0.1, -0.05) is 36.3 Å². The summed E-state index contributed by atoms with van der Waals surface area (Å²) in [5.41, 5.74) is 9.78. The van der Waals surface area contributed by atoms with Crippen LogP contribution in [-0.2, 0) is 6.54 Å². The topological polar surface area (TPSA) is 90.1 Å². The molecule has 0 spiro atoms. The zero-order valence-electron chi connectivity index (χ0n) is 19.5. The Bertz CT molecular complexity index is 1380. The molecule has 6 nitrogen and oxygen atoms in total. The van der Waals surface area contributed by atoms with Gasteiger partial charge in [-0.3, -0.25) is 9.78 Å². The maximum absolute atomic E-state index is 14.6. The summed E-state index contributed by atoms with van der Waals surface area (Å²) in [4.78, 5) is 21.8. The van der Waals surface area contributed by atoms with Crippen molar-refractivity contribution in [3.05, 3.63) is 71.3 Å². The summed E-state index contributed by atoms with van der Waals surface area (Å²) in [6, 6.07) is 12.4. The number of aromatic nitrogens is 2. The number of hydrogen-bond acceptors (Lipinski definition) is 6. The molecular weight excluding hydrogens is 463 g/mol. The first kappa shape index (κ1) is 23.2. The van der Waals surface area contributed by atoms with E-state index in [0.717, 1.165) is 34.2 Å². The fourth-order valence-corrected chi connectivity index (χ4v) is 5.31. The third-order valence-corrected chi connectivity index (χ3v) is 7.37. The molecule has 5 rings (SSSR count). The second-order valence-electron chi connectivity index (χ2n) is 8.95. The highest BCUT2D eigenvalue weighted by molar-refractivity contribution is 7.22. The van der Waals surface area contributed by atoms with Crippen molar-refractivity contribution in [2.45, 2.75) is 39.2 Å². The molecule has 0 radical (unpaired) electrons.